The summed E-state index contributed by atoms with van der Waals surface area (Å²) in [6.45, 7) is 0. The molecule has 1 aliphatic heterocycles. The number of halogens is 1. The quantitative estimate of drug-likeness (QED) is 0.663. The molecule has 120 valence electrons. The van der Waals surface area contributed by atoms with E-state index in [0.29, 0.717) is 12.8 Å². The van der Waals surface area contributed by atoms with Gasteiger partial charge in [-0.05, 0) is 46.4 Å². The van der Waals surface area contributed by atoms with Gasteiger partial charge in [0.2, 0.25) is 5.91 Å². The average molecular weight is 341 g/mol. The molecule has 1 saturated heterocycles. The minimum Gasteiger partial charge on any atom is -0.345 e. The molecule has 1 heterocycles. The Morgan fingerprint density at radius 1 is 1.17 bits per heavy atom. The SMILES string of the molecule is O=C1CCC2=C(c3ccc([N+](=O)[O-])c(Cl)c3)c3ccccc3C2N1. The Labute approximate surface area is 143 Å². The third-order valence-electron chi connectivity index (χ3n) is 4.57. The van der Waals surface area contributed by atoms with Gasteiger partial charge in [0.1, 0.15) is 5.02 Å². The van der Waals surface area contributed by atoms with E-state index in [4.69, 9.17) is 11.6 Å². The van der Waals surface area contributed by atoms with Crippen molar-refractivity contribution in [1.29, 1.82) is 0 Å². The number of nitro benzene ring substituents is 1. The highest BCUT2D eigenvalue weighted by Gasteiger charge is 2.35. The Hall–Kier alpha value is -2.66. The van der Waals surface area contributed by atoms with E-state index in [1.54, 1.807) is 12.1 Å². The molecule has 5 nitrogen and oxygen atoms in total. The van der Waals surface area contributed by atoms with Crippen LogP contribution in [0.4, 0.5) is 5.69 Å². The van der Waals surface area contributed by atoms with Crippen molar-refractivity contribution in [3.8, 4) is 0 Å². The van der Waals surface area contributed by atoms with Crippen LogP contribution in [0.3, 0.4) is 0 Å². The van der Waals surface area contributed by atoms with Crippen LogP contribution in [0, 0.1) is 10.1 Å². The van der Waals surface area contributed by atoms with Crippen LogP contribution in [0.1, 0.15) is 35.6 Å². The molecule has 1 amide bonds. The molecule has 0 spiro atoms. The van der Waals surface area contributed by atoms with E-state index >= 15 is 0 Å². The third kappa shape index (κ3) is 2.20. The van der Waals surface area contributed by atoms with E-state index in [1.807, 2.05) is 24.3 Å². The topological polar surface area (TPSA) is 72.2 Å². The van der Waals surface area contributed by atoms with E-state index in [0.717, 1.165) is 27.8 Å². The Bertz CT molecular complexity index is 920. The molecule has 0 aromatic heterocycles. The molecule has 4 rings (SSSR count). The summed E-state index contributed by atoms with van der Waals surface area (Å²) in [6.07, 6.45) is 1.12. The highest BCUT2D eigenvalue weighted by atomic mass is 35.5. The molecule has 2 aromatic rings. The maximum Gasteiger partial charge on any atom is 0.287 e. The number of nitrogens with zero attached hydrogens (tertiary/aromatic N) is 1. The predicted octanol–water partition coefficient (Wildman–Crippen LogP) is 4.01. The van der Waals surface area contributed by atoms with Crippen molar-refractivity contribution < 1.29 is 9.72 Å². The maximum absolute atomic E-state index is 11.8. The van der Waals surface area contributed by atoms with Gasteiger partial charge in [-0.3, -0.25) is 14.9 Å². The molecule has 1 fully saturated rings. The lowest BCUT2D eigenvalue weighted by molar-refractivity contribution is -0.384. The molecule has 2 aliphatic rings. The Morgan fingerprint density at radius 3 is 2.71 bits per heavy atom. The van der Waals surface area contributed by atoms with Gasteiger partial charge in [-0.25, -0.2) is 0 Å². The monoisotopic (exact) mass is 340 g/mol. The van der Waals surface area contributed by atoms with Gasteiger partial charge in [-0.2, -0.15) is 0 Å². The molecule has 1 atom stereocenters. The summed E-state index contributed by atoms with van der Waals surface area (Å²) in [5.41, 5.74) is 5.00. The Balaban J connectivity index is 1.90. The number of nitro groups is 1. The lowest BCUT2D eigenvalue weighted by Crippen LogP contribution is -2.32. The lowest BCUT2D eigenvalue weighted by Gasteiger charge is -2.23. The summed E-state index contributed by atoms with van der Waals surface area (Å²) in [6, 6.07) is 12.6. The van der Waals surface area contributed by atoms with Gasteiger partial charge in [0.15, 0.2) is 0 Å². The summed E-state index contributed by atoms with van der Waals surface area (Å²) in [5, 5.41) is 14.1. The Morgan fingerprint density at radius 2 is 1.96 bits per heavy atom. The molecule has 6 heteroatoms. The number of nitrogens with one attached hydrogen (secondary N) is 1. The number of carbonyl (C=O) groups excluding carboxylic acids is 1. The number of rotatable bonds is 2. The second-order valence-electron chi connectivity index (χ2n) is 5.91. The fraction of sp³-hybridized carbons (Fsp3) is 0.167. The zero-order valence-corrected chi connectivity index (χ0v) is 13.3. The van der Waals surface area contributed by atoms with Crippen LogP contribution in [0.5, 0.6) is 0 Å². The fourth-order valence-electron chi connectivity index (χ4n) is 3.55. The molecule has 1 unspecified atom stereocenters. The first-order valence-corrected chi connectivity index (χ1v) is 8.00. The Kier molecular flexibility index (Phi) is 3.39. The zero-order chi connectivity index (χ0) is 16.8. The van der Waals surface area contributed by atoms with Gasteiger partial charge in [0.05, 0.1) is 11.0 Å². The second-order valence-corrected chi connectivity index (χ2v) is 6.32. The molecular weight excluding hydrogens is 328 g/mol. The average Bonchev–Trinajstić information content (AvgIpc) is 2.88. The van der Waals surface area contributed by atoms with Gasteiger partial charge in [0, 0.05) is 12.5 Å². The lowest BCUT2D eigenvalue weighted by atomic mass is 9.93. The molecule has 1 aliphatic carbocycles. The summed E-state index contributed by atoms with van der Waals surface area (Å²) in [7, 11) is 0. The molecule has 2 aromatic carbocycles. The van der Waals surface area contributed by atoms with Crippen molar-refractivity contribution in [1.82, 2.24) is 5.32 Å². The highest BCUT2D eigenvalue weighted by molar-refractivity contribution is 6.32. The van der Waals surface area contributed by atoms with Gasteiger partial charge in [-0.15, -0.1) is 0 Å². The molecule has 1 N–H and O–H groups in total. The maximum atomic E-state index is 11.8. The first-order valence-electron chi connectivity index (χ1n) is 7.62. The summed E-state index contributed by atoms with van der Waals surface area (Å²) in [5.74, 6) is 0.0431. The van der Waals surface area contributed by atoms with Crippen LogP contribution in [0.15, 0.2) is 48.0 Å². The fourth-order valence-corrected chi connectivity index (χ4v) is 3.80. The third-order valence-corrected chi connectivity index (χ3v) is 4.87. The molecule has 0 saturated carbocycles. The number of carbonyl (C=O) groups is 1. The molecular formula is C18H13ClN2O3. The number of benzene rings is 2. The smallest absolute Gasteiger partial charge is 0.287 e. The minimum atomic E-state index is -0.490. The highest BCUT2D eigenvalue weighted by Crippen LogP contribution is 2.47. The second kappa shape index (κ2) is 5.46. The first kappa shape index (κ1) is 14.9. The largest absolute Gasteiger partial charge is 0.345 e. The van der Waals surface area contributed by atoms with Crippen molar-refractivity contribution in [3.63, 3.8) is 0 Å². The van der Waals surface area contributed by atoms with Gasteiger partial charge < -0.3 is 5.32 Å². The van der Waals surface area contributed by atoms with Crippen LogP contribution in [0.2, 0.25) is 5.02 Å². The molecule has 0 bridgehead atoms. The molecule has 24 heavy (non-hydrogen) atoms. The van der Waals surface area contributed by atoms with Crippen LogP contribution in [-0.2, 0) is 4.79 Å². The van der Waals surface area contributed by atoms with Crippen LogP contribution in [-0.4, -0.2) is 10.8 Å². The van der Waals surface area contributed by atoms with E-state index < -0.39 is 4.92 Å². The van der Waals surface area contributed by atoms with Crippen molar-refractivity contribution in [2.45, 2.75) is 18.9 Å². The van der Waals surface area contributed by atoms with Crippen molar-refractivity contribution in [2.24, 2.45) is 0 Å². The normalized spacial score (nSPS) is 18.9. The summed E-state index contributed by atoms with van der Waals surface area (Å²) in [4.78, 5) is 22.3. The number of amides is 1. The first-order chi connectivity index (χ1) is 11.6. The van der Waals surface area contributed by atoms with E-state index in [2.05, 4.69) is 5.32 Å². The summed E-state index contributed by atoms with van der Waals surface area (Å²) < 4.78 is 0. The van der Waals surface area contributed by atoms with Crippen molar-refractivity contribution in [2.75, 3.05) is 0 Å². The number of fused-ring (bicyclic) bond motifs is 3. The van der Waals surface area contributed by atoms with Crippen LogP contribution < -0.4 is 5.32 Å². The van der Waals surface area contributed by atoms with Crippen molar-refractivity contribution >= 4 is 28.8 Å². The summed E-state index contributed by atoms with van der Waals surface area (Å²) >= 11 is 6.09. The van der Waals surface area contributed by atoms with Crippen LogP contribution in [0.25, 0.3) is 5.57 Å². The number of piperidine rings is 1. The van der Waals surface area contributed by atoms with Gasteiger partial charge >= 0.3 is 0 Å². The number of hydrogen-bond donors (Lipinski definition) is 1. The number of hydrogen-bond acceptors (Lipinski definition) is 3. The minimum absolute atomic E-state index is 0.0431. The van der Waals surface area contributed by atoms with E-state index in [1.165, 1.54) is 6.07 Å². The predicted molar refractivity (Wildman–Crippen MR) is 90.7 cm³/mol. The zero-order valence-electron chi connectivity index (χ0n) is 12.6. The van der Waals surface area contributed by atoms with Gasteiger partial charge in [-0.1, -0.05) is 35.9 Å². The van der Waals surface area contributed by atoms with E-state index in [9.17, 15) is 14.9 Å². The van der Waals surface area contributed by atoms with Crippen LogP contribution >= 0.6 is 11.6 Å². The van der Waals surface area contributed by atoms with E-state index in [-0.39, 0.29) is 22.7 Å². The van der Waals surface area contributed by atoms with Gasteiger partial charge in [0.25, 0.3) is 5.69 Å². The standard InChI is InChI=1S/C18H13ClN2O3/c19-14-9-10(5-7-15(14)21(23)24)17-11-3-1-2-4-12(11)18-13(17)6-8-16(22)20-18/h1-5,7,9,18H,6,8H2,(H,20,22). The molecule has 0 radical (unpaired) electrons. The van der Waals surface area contributed by atoms with Crippen molar-refractivity contribution in [3.05, 3.63) is 79.9 Å².